The first kappa shape index (κ1) is 16.5. The van der Waals surface area contributed by atoms with Gasteiger partial charge in [0.05, 0.1) is 5.70 Å². The second kappa shape index (κ2) is 7.98. The van der Waals surface area contributed by atoms with Crippen molar-refractivity contribution in [1.29, 1.82) is 0 Å². The highest BCUT2D eigenvalue weighted by Crippen LogP contribution is 2.15. The fourth-order valence-corrected chi connectivity index (χ4v) is 2.23. The van der Waals surface area contributed by atoms with Crippen LogP contribution in [0.5, 0.6) is 0 Å². The van der Waals surface area contributed by atoms with E-state index in [0.29, 0.717) is 11.3 Å². The predicted molar refractivity (Wildman–Crippen MR) is 93.9 cm³/mol. The number of anilines is 1. The molecule has 2 aromatic rings. The van der Waals surface area contributed by atoms with Crippen molar-refractivity contribution in [3.05, 3.63) is 66.5 Å². The van der Waals surface area contributed by atoms with Crippen LogP contribution < -0.4 is 15.8 Å². The van der Waals surface area contributed by atoms with Crippen LogP contribution in [0.2, 0.25) is 0 Å². The van der Waals surface area contributed by atoms with E-state index >= 15 is 0 Å². The molecule has 0 aliphatic rings. The third-order valence-corrected chi connectivity index (χ3v) is 3.60. The van der Waals surface area contributed by atoms with Gasteiger partial charge in [-0.15, -0.1) is 0 Å². The smallest absolute Gasteiger partial charge is 0.269 e. The first-order chi connectivity index (χ1) is 11.2. The molecule has 2 rings (SSSR count). The van der Waals surface area contributed by atoms with E-state index in [-0.39, 0.29) is 5.91 Å². The molecule has 5 nitrogen and oxygen atoms in total. The molecule has 1 aromatic heterocycles. The highest BCUT2D eigenvalue weighted by atomic mass is 16.2. The van der Waals surface area contributed by atoms with Crippen molar-refractivity contribution < 1.29 is 4.79 Å². The van der Waals surface area contributed by atoms with Gasteiger partial charge in [0.1, 0.15) is 0 Å². The Bertz CT molecular complexity index is 648. The summed E-state index contributed by atoms with van der Waals surface area (Å²) >= 11 is 0. The number of hydrogen-bond donors (Lipinski definition) is 2. The number of carbonyl (C=O) groups excluding carboxylic acids is 1. The van der Waals surface area contributed by atoms with Gasteiger partial charge < -0.3 is 4.90 Å². The second-order valence-corrected chi connectivity index (χ2v) is 5.02. The van der Waals surface area contributed by atoms with Crippen LogP contribution in [-0.2, 0) is 0 Å². The van der Waals surface area contributed by atoms with Crippen LogP contribution in [0.4, 0.5) is 5.69 Å². The first-order valence-corrected chi connectivity index (χ1v) is 7.66. The first-order valence-electron chi connectivity index (χ1n) is 7.66. The number of amides is 1. The van der Waals surface area contributed by atoms with Crippen molar-refractivity contribution in [2.75, 3.05) is 18.0 Å². The second-order valence-electron chi connectivity index (χ2n) is 5.02. The Balaban J connectivity index is 1.94. The van der Waals surface area contributed by atoms with Crippen LogP contribution in [0.25, 0.3) is 5.70 Å². The highest BCUT2D eigenvalue weighted by molar-refractivity contribution is 5.94. The average molecular weight is 310 g/mol. The van der Waals surface area contributed by atoms with Gasteiger partial charge in [0.25, 0.3) is 5.91 Å². The topological polar surface area (TPSA) is 57.3 Å². The minimum Gasteiger partial charge on any atom is -0.372 e. The van der Waals surface area contributed by atoms with E-state index in [2.05, 4.69) is 41.2 Å². The van der Waals surface area contributed by atoms with E-state index in [1.165, 1.54) is 0 Å². The van der Waals surface area contributed by atoms with Crippen LogP contribution in [-0.4, -0.2) is 24.0 Å². The minimum absolute atomic E-state index is 0.207. The molecule has 1 amide bonds. The lowest BCUT2D eigenvalue weighted by Crippen LogP contribution is -2.35. The van der Waals surface area contributed by atoms with Crippen molar-refractivity contribution in [2.45, 2.75) is 13.8 Å². The molecule has 2 N–H and O–H groups in total. The molecule has 0 aliphatic heterocycles. The third kappa shape index (κ3) is 4.32. The predicted octanol–water partition coefficient (Wildman–Crippen LogP) is 2.83. The van der Waals surface area contributed by atoms with Crippen molar-refractivity contribution >= 4 is 17.3 Å². The summed E-state index contributed by atoms with van der Waals surface area (Å²) < 4.78 is 0. The minimum atomic E-state index is -0.207. The number of nitrogens with zero attached hydrogens (tertiary/aromatic N) is 2. The maximum atomic E-state index is 12.2. The molecule has 0 fully saturated rings. The Morgan fingerprint density at radius 1 is 1.09 bits per heavy atom. The quantitative estimate of drug-likeness (QED) is 0.772. The Morgan fingerprint density at radius 3 is 2.35 bits per heavy atom. The zero-order valence-corrected chi connectivity index (χ0v) is 13.5. The van der Waals surface area contributed by atoms with Crippen LogP contribution in [0.3, 0.4) is 0 Å². The van der Waals surface area contributed by atoms with Crippen molar-refractivity contribution in [3.63, 3.8) is 0 Å². The monoisotopic (exact) mass is 310 g/mol. The molecular formula is C18H22N4O. The van der Waals surface area contributed by atoms with E-state index < -0.39 is 0 Å². The average Bonchev–Trinajstić information content (AvgIpc) is 2.61. The molecule has 0 saturated heterocycles. The van der Waals surface area contributed by atoms with Gasteiger partial charge in [-0.3, -0.25) is 20.6 Å². The third-order valence-electron chi connectivity index (χ3n) is 3.60. The van der Waals surface area contributed by atoms with Crippen LogP contribution in [0.1, 0.15) is 29.8 Å². The van der Waals surface area contributed by atoms with Gasteiger partial charge in [-0.1, -0.05) is 6.58 Å². The normalized spacial score (nSPS) is 10.0. The van der Waals surface area contributed by atoms with Gasteiger partial charge in [0.2, 0.25) is 0 Å². The molecule has 0 saturated carbocycles. The van der Waals surface area contributed by atoms with Crippen molar-refractivity contribution in [1.82, 2.24) is 15.8 Å². The fourth-order valence-electron chi connectivity index (χ4n) is 2.23. The molecule has 0 unspecified atom stereocenters. The molecule has 0 atom stereocenters. The largest absolute Gasteiger partial charge is 0.372 e. The van der Waals surface area contributed by atoms with Gasteiger partial charge in [0, 0.05) is 42.3 Å². The van der Waals surface area contributed by atoms with Crippen molar-refractivity contribution in [2.24, 2.45) is 0 Å². The summed E-state index contributed by atoms with van der Waals surface area (Å²) in [7, 11) is 0. The zero-order chi connectivity index (χ0) is 16.7. The van der Waals surface area contributed by atoms with Crippen LogP contribution in [0.15, 0.2) is 55.4 Å². The summed E-state index contributed by atoms with van der Waals surface area (Å²) in [5.74, 6) is -0.207. The van der Waals surface area contributed by atoms with E-state index in [9.17, 15) is 4.79 Å². The highest BCUT2D eigenvalue weighted by Gasteiger charge is 2.07. The van der Waals surface area contributed by atoms with Gasteiger partial charge >= 0.3 is 0 Å². The molecule has 120 valence electrons. The number of aromatic nitrogens is 1. The van der Waals surface area contributed by atoms with E-state index in [0.717, 1.165) is 24.3 Å². The van der Waals surface area contributed by atoms with Gasteiger partial charge in [-0.05, 0) is 50.2 Å². The molecule has 0 bridgehead atoms. The molecule has 23 heavy (non-hydrogen) atoms. The lowest BCUT2D eigenvalue weighted by Gasteiger charge is -2.21. The number of nitrogens with one attached hydrogen (secondary N) is 2. The summed E-state index contributed by atoms with van der Waals surface area (Å²) in [6.07, 6.45) is 3.37. The fraction of sp³-hybridized carbons (Fsp3) is 0.222. The van der Waals surface area contributed by atoms with E-state index in [4.69, 9.17) is 0 Å². The van der Waals surface area contributed by atoms with E-state index in [1.807, 2.05) is 36.4 Å². The Hall–Kier alpha value is -2.82. The van der Waals surface area contributed by atoms with Gasteiger partial charge in [-0.25, -0.2) is 0 Å². The number of hydrogen-bond acceptors (Lipinski definition) is 4. The molecule has 0 aliphatic carbocycles. The van der Waals surface area contributed by atoms with Gasteiger partial charge in [-0.2, -0.15) is 0 Å². The molecule has 5 heteroatoms. The lowest BCUT2D eigenvalue weighted by molar-refractivity contribution is 0.0942. The molecule has 1 aromatic carbocycles. The Kier molecular flexibility index (Phi) is 5.74. The van der Waals surface area contributed by atoms with Crippen molar-refractivity contribution in [3.8, 4) is 0 Å². The maximum Gasteiger partial charge on any atom is 0.269 e. The number of carbonyl (C=O) groups is 1. The molecular weight excluding hydrogens is 288 g/mol. The number of benzene rings is 1. The summed E-state index contributed by atoms with van der Waals surface area (Å²) in [5, 5.41) is 0. The van der Waals surface area contributed by atoms with Crippen LogP contribution >= 0.6 is 0 Å². The van der Waals surface area contributed by atoms with Crippen LogP contribution in [0, 0.1) is 0 Å². The SMILES string of the molecule is C=C(NNC(=O)c1ccc(N(CC)CC)cc1)c1cccnc1. The van der Waals surface area contributed by atoms with E-state index in [1.54, 1.807) is 12.4 Å². The Labute approximate surface area is 137 Å². The maximum absolute atomic E-state index is 12.2. The number of pyridine rings is 1. The molecule has 0 radical (unpaired) electrons. The zero-order valence-electron chi connectivity index (χ0n) is 13.5. The molecule has 0 spiro atoms. The number of rotatable bonds is 7. The summed E-state index contributed by atoms with van der Waals surface area (Å²) in [5.41, 5.74) is 8.57. The molecule has 1 heterocycles. The summed E-state index contributed by atoms with van der Waals surface area (Å²) in [6.45, 7) is 9.97. The summed E-state index contributed by atoms with van der Waals surface area (Å²) in [6, 6.07) is 11.2. The standard InChI is InChI=1S/C18H22N4O/c1-4-22(5-2)17-10-8-15(9-11-17)18(23)21-20-14(3)16-7-6-12-19-13-16/h6-13,20H,3-5H2,1-2H3,(H,21,23). The summed E-state index contributed by atoms with van der Waals surface area (Å²) in [4.78, 5) is 18.4. The lowest BCUT2D eigenvalue weighted by atomic mass is 10.2. The number of hydrazine groups is 1. The Morgan fingerprint density at radius 2 is 1.78 bits per heavy atom. The van der Waals surface area contributed by atoms with Gasteiger partial charge in [0.15, 0.2) is 0 Å².